The molecule has 1 aliphatic heterocycles. The van der Waals surface area contributed by atoms with Crippen molar-refractivity contribution >= 4 is 0 Å². The molecule has 0 spiro atoms. The van der Waals surface area contributed by atoms with E-state index in [9.17, 15) is 0 Å². The standard InChI is InChI=1S/C9H20N2/c1-9(2,3)11-6-8(7-11)10(4)5/h8H,6-7H2,1-5H3/i4D3. The third kappa shape index (κ3) is 1.94. The number of likely N-dealkylation sites (N-methyl/N-ethyl adjacent to an activating group) is 1. The van der Waals surface area contributed by atoms with Gasteiger partial charge in [0.25, 0.3) is 0 Å². The molecule has 2 heteroatoms. The summed E-state index contributed by atoms with van der Waals surface area (Å²) in [4.78, 5) is 3.79. The van der Waals surface area contributed by atoms with E-state index in [2.05, 4.69) is 25.7 Å². The Morgan fingerprint density at radius 3 is 2.36 bits per heavy atom. The predicted molar refractivity (Wildman–Crippen MR) is 48.8 cm³/mol. The topological polar surface area (TPSA) is 6.48 Å². The van der Waals surface area contributed by atoms with Crippen molar-refractivity contribution in [3.05, 3.63) is 0 Å². The lowest BCUT2D eigenvalue weighted by Crippen LogP contribution is -2.63. The van der Waals surface area contributed by atoms with E-state index in [1.165, 1.54) is 4.90 Å². The maximum atomic E-state index is 7.27. The normalized spacial score (nSPS) is 27.5. The SMILES string of the molecule is [2H]C([2H])([2H])N(C)C1CN(C(C)(C)C)C1. The smallest absolute Gasteiger partial charge is 0.0394 e. The molecule has 66 valence electrons. The van der Waals surface area contributed by atoms with Crippen LogP contribution in [0.4, 0.5) is 0 Å². The van der Waals surface area contributed by atoms with Crippen molar-refractivity contribution in [1.29, 1.82) is 0 Å². The zero-order valence-corrected chi connectivity index (χ0v) is 7.89. The van der Waals surface area contributed by atoms with Crippen LogP contribution in [0.5, 0.6) is 0 Å². The van der Waals surface area contributed by atoms with Gasteiger partial charge < -0.3 is 4.90 Å². The Morgan fingerprint density at radius 1 is 1.45 bits per heavy atom. The van der Waals surface area contributed by atoms with E-state index >= 15 is 0 Å². The summed E-state index contributed by atoms with van der Waals surface area (Å²) in [6.07, 6.45) is 0. The lowest BCUT2D eigenvalue weighted by Gasteiger charge is -2.49. The van der Waals surface area contributed by atoms with Crippen LogP contribution in [0.2, 0.25) is 0 Å². The van der Waals surface area contributed by atoms with Crippen LogP contribution in [0.15, 0.2) is 0 Å². The van der Waals surface area contributed by atoms with Gasteiger partial charge in [-0.1, -0.05) is 0 Å². The number of nitrogens with zero attached hydrogens (tertiary/aromatic N) is 2. The van der Waals surface area contributed by atoms with Crippen LogP contribution in [0.3, 0.4) is 0 Å². The zero-order chi connectivity index (χ0) is 11.1. The van der Waals surface area contributed by atoms with Crippen molar-refractivity contribution in [2.45, 2.75) is 32.4 Å². The number of hydrogen-bond acceptors (Lipinski definition) is 2. The van der Waals surface area contributed by atoms with Gasteiger partial charge in [-0.05, 0) is 34.8 Å². The molecule has 1 fully saturated rings. The molecule has 0 aromatic rings. The zero-order valence-electron chi connectivity index (χ0n) is 10.9. The minimum Gasteiger partial charge on any atom is -0.304 e. The second-order valence-corrected chi connectivity index (χ2v) is 4.34. The molecule has 1 saturated heterocycles. The second kappa shape index (κ2) is 2.76. The first-order valence-corrected chi connectivity index (χ1v) is 4.10. The number of likely N-dealkylation sites (tertiary alicyclic amines) is 1. The monoisotopic (exact) mass is 159 g/mol. The van der Waals surface area contributed by atoms with Crippen molar-refractivity contribution in [3.63, 3.8) is 0 Å². The van der Waals surface area contributed by atoms with Gasteiger partial charge in [-0.15, -0.1) is 0 Å². The lowest BCUT2D eigenvalue weighted by atomic mass is 9.97. The molecule has 0 bridgehead atoms. The molecule has 0 aromatic heterocycles. The van der Waals surface area contributed by atoms with E-state index in [4.69, 9.17) is 4.11 Å². The van der Waals surface area contributed by atoms with E-state index in [-0.39, 0.29) is 11.6 Å². The third-order valence-electron chi connectivity index (χ3n) is 2.36. The Kier molecular flexibility index (Phi) is 1.39. The highest BCUT2D eigenvalue weighted by atomic mass is 15.3. The summed E-state index contributed by atoms with van der Waals surface area (Å²) < 4.78 is 21.8. The van der Waals surface area contributed by atoms with Crippen LogP contribution in [0.1, 0.15) is 24.9 Å². The van der Waals surface area contributed by atoms with Crippen molar-refractivity contribution < 1.29 is 4.11 Å². The van der Waals surface area contributed by atoms with E-state index in [1.54, 1.807) is 7.05 Å². The van der Waals surface area contributed by atoms with Crippen LogP contribution in [0.25, 0.3) is 0 Å². The summed E-state index contributed by atoms with van der Waals surface area (Å²) in [5.74, 6) is 0. The van der Waals surface area contributed by atoms with Crippen LogP contribution >= 0.6 is 0 Å². The van der Waals surface area contributed by atoms with Crippen LogP contribution in [0, 0.1) is 0 Å². The molecule has 0 aliphatic carbocycles. The molecule has 2 nitrogen and oxygen atoms in total. The van der Waals surface area contributed by atoms with Gasteiger partial charge in [0.2, 0.25) is 0 Å². The highest BCUT2D eigenvalue weighted by Gasteiger charge is 2.34. The van der Waals surface area contributed by atoms with E-state index in [0.717, 1.165) is 13.1 Å². The van der Waals surface area contributed by atoms with Crippen molar-refractivity contribution in [3.8, 4) is 0 Å². The van der Waals surface area contributed by atoms with Crippen molar-refractivity contribution in [2.75, 3.05) is 27.1 Å². The van der Waals surface area contributed by atoms with E-state index < -0.39 is 6.98 Å². The average Bonchev–Trinajstić information content (AvgIpc) is 1.77. The molecular weight excluding hydrogens is 136 g/mol. The first kappa shape index (κ1) is 5.55. The van der Waals surface area contributed by atoms with Gasteiger partial charge in [-0.25, -0.2) is 0 Å². The molecule has 0 N–H and O–H groups in total. The Hall–Kier alpha value is -0.0800. The van der Waals surface area contributed by atoms with Gasteiger partial charge in [0.05, 0.1) is 0 Å². The van der Waals surface area contributed by atoms with Gasteiger partial charge >= 0.3 is 0 Å². The molecular formula is C9H20N2. The first-order chi connectivity index (χ1) is 6.12. The minimum atomic E-state index is -1.95. The summed E-state index contributed by atoms with van der Waals surface area (Å²) in [6, 6.07) is 0.182. The molecule has 1 heterocycles. The third-order valence-corrected chi connectivity index (χ3v) is 2.36. The fourth-order valence-electron chi connectivity index (χ4n) is 1.25. The molecule has 0 radical (unpaired) electrons. The Morgan fingerprint density at radius 2 is 2.00 bits per heavy atom. The Bertz CT molecular complexity index is 201. The minimum absolute atomic E-state index is 0.159. The predicted octanol–water partition coefficient (Wildman–Crippen LogP) is 1.03. The molecule has 0 amide bonds. The summed E-state index contributed by atoms with van der Waals surface area (Å²) in [6.45, 7) is 6.22. The molecule has 1 aliphatic rings. The summed E-state index contributed by atoms with van der Waals surface area (Å²) >= 11 is 0. The maximum absolute atomic E-state index is 7.27. The highest BCUT2D eigenvalue weighted by Crippen LogP contribution is 2.22. The van der Waals surface area contributed by atoms with Gasteiger partial charge in [0.15, 0.2) is 0 Å². The molecule has 1 rings (SSSR count). The quantitative estimate of drug-likeness (QED) is 0.564. The lowest BCUT2D eigenvalue weighted by molar-refractivity contribution is -0.00401. The average molecular weight is 159 g/mol. The summed E-state index contributed by atoms with van der Waals surface area (Å²) in [7, 11) is 1.68. The van der Waals surface area contributed by atoms with Gasteiger partial charge in [0, 0.05) is 28.8 Å². The fraction of sp³-hybridized carbons (Fsp3) is 1.00. The first-order valence-electron chi connectivity index (χ1n) is 5.60. The van der Waals surface area contributed by atoms with Gasteiger partial charge in [-0.2, -0.15) is 0 Å². The summed E-state index contributed by atoms with van der Waals surface area (Å²) in [5, 5.41) is 0. The van der Waals surface area contributed by atoms with Crippen LogP contribution < -0.4 is 0 Å². The van der Waals surface area contributed by atoms with Gasteiger partial charge in [-0.3, -0.25) is 4.90 Å². The van der Waals surface area contributed by atoms with E-state index in [1.807, 2.05) is 0 Å². The van der Waals surface area contributed by atoms with Crippen molar-refractivity contribution in [2.24, 2.45) is 0 Å². The molecule has 0 atom stereocenters. The molecule has 0 unspecified atom stereocenters. The van der Waals surface area contributed by atoms with Gasteiger partial charge in [0.1, 0.15) is 0 Å². The molecule has 0 saturated carbocycles. The highest BCUT2D eigenvalue weighted by molar-refractivity contribution is 4.92. The maximum Gasteiger partial charge on any atom is 0.0394 e. The van der Waals surface area contributed by atoms with Crippen molar-refractivity contribution in [1.82, 2.24) is 9.80 Å². The van der Waals surface area contributed by atoms with Crippen LogP contribution in [-0.2, 0) is 0 Å². The Balaban J connectivity index is 2.42. The van der Waals surface area contributed by atoms with E-state index in [0.29, 0.717) is 0 Å². The summed E-state index contributed by atoms with van der Waals surface area (Å²) in [5.41, 5.74) is 0.159. The number of hydrogen-bond donors (Lipinski definition) is 0. The fourth-order valence-corrected chi connectivity index (χ4v) is 1.25. The molecule has 11 heavy (non-hydrogen) atoms. The largest absolute Gasteiger partial charge is 0.304 e. The van der Waals surface area contributed by atoms with Crippen LogP contribution in [-0.4, -0.2) is 48.5 Å². The number of rotatable bonds is 1. The molecule has 0 aromatic carbocycles. The Labute approximate surface area is 74.4 Å². The second-order valence-electron chi connectivity index (χ2n) is 4.34.